The number of carboxylic acid groups (broad SMARTS) is 2. The molecule has 0 unspecified atom stereocenters. The highest BCUT2D eigenvalue weighted by Gasteiger charge is 2.38. The summed E-state index contributed by atoms with van der Waals surface area (Å²) < 4.78 is 0. The second kappa shape index (κ2) is 6.39. The van der Waals surface area contributed by atoms with Gasteiger partial charge in [-0.05, 0) is 37.3 Å². The Morgan fingerprint density at radius 3 is 2.29 bits per heavy atom. The van der Waals surface area contributed by atoms with Crippen molar-refractivity contribution in [3.8, 4) is 0 Å². The number of hydrogen-bond acceptors (Lipinski definition) is 3. The van der Waals surface area contributed by atoms with Crippen LogP contribution in [0.2, 0.25) is 0 Å². The lowest BCUT2D eigenvalue weighted by Gasteiger charge is -2.20. The third kappa shape index (κ3) is 3.59. The molecule has 0 aliphatic heterocycles. The normalized spacial score (nSPS) is 22.5. The van der Waals surface area contributed by atoms with Gasteiger partial charge in [0, 0.05) is 5.56 Å². The van der Waals surface area contributed by atoms with Crippen LogP contribution in [-0.4, -0.2) is 34.1 Å². The van der Waals surface area contributed by atoms with Crippen LogP contribution in [0.25, 0.3) is 0 Å². The Morgan fingerprint density at radius 2 is 1.76 bits per heavy atom. The van der Waals surface area contributed by atoms with Gasteiger partial charge in [0.25, 0.3) is 5.91 Å². The second-order valence-corrected chi connectivity index (χ2v) is 5.26. The van der Waals surface area contributed by atoms with Crippen molar-refractivity contribution >= 4 is 17.8 Å². The van der Waals surface area contributed by atoms with E-state index in [1.807, 2.05) is 0 Å². The van der Waals surface area contributed by atoms with Gasteiger partial charge >= 0.3 is 11.9 Å². The van der Waals surface area contributed by atoms with Crippen LogP contribution in [0.1, 0.15) is 29.6 Å². The molecule has 1 fully saturated rings. The van der Waals surface area contributed by atoms with Gasteiger partial charge in [0.2, 0.25) is 0 Å². The Morgan fingerprint density at radius 1 is 1.10 bits per heavy atom. The number of aliphatic carboxylic acids is 2. The van der Waals surface area contributed by atoms with E-state index in [4.69, 9.17) is 5.11 Å². The summed E-state index contributed by atoms with van der Waals surface area (Å²) >= 11 is 0. The molecule has 3 N–H and O–H groups in total. The number of benzene rings is 1. The third-order valence-corrected chi connectivity index (χ3v) is 3.88. The molecule has 6 heteroatoms. The Balaban J connectivity index is 2.05. The maximum absolute atomic E-state index is 12.0. The Kier molecular flexibility index (Phi) is 4.57. The molecule has 1 saturated carbocycles. The Bertz CT molecular complexity index is 542. The van der Waals surface area contributed by atoms with Crippen molar-refractivity contribution in [2.24, 2.45) is 11.8 Å². The molecule has 0 spiro atoms. The molecule has 0 saturated heterocycles. The highest BCUT2D eigenvalue weighted by Crippen LogP contribution is 2.33. The fourth-order valence-electron chi connectivity index (χ4n) is 2.74. The average molecular weight is 291 g/mol. The summed E-state index contributed by atoms with van der Waals surface area (Å²) in [5.41, 5.74) is 0.386. The molecule has 2 rings (SSSR count). The maximum Gasteiger partial charge on any atom is 0.326 e. The molecule has 1 amide bonds. The quantitative estimate of drug-likeness (QED) is 0.760. The minimum absolute atomic E-state index is 0.279. The average Bonchev–Trinajstić information content (AvgIpc) is 2.94. The highest BCUT2D eigenvalue weighted by atomic mass is 16.4. The topological polar surface area (TPSA) is 104 Å². The molecule has 0 aromatic heterocycles. The van der Waals surface area contributed by atoms with Crippen LogP contribution in [0, 0.1) is 11.8 Å². The molecule has 0 heterocycles. The molecule has 0 bridgehead atoms. The number of nitrogens with one attached hydrogen (secondary N) is 1. The largest absolute Gasteiger partial charge is 0.481 e. The smallest absolute Gasteiger partial charge is 0.326 e. The molecular formula is C15H17NO5. The molecule has 1 aromatic rings. The number of carbonyl (C=O) groups is 3. The highest BCUT2D eigenvalue weighted by molar-refractivity contribution is 5.96. The minimum Gasteiger partial charge on any atom is -0.481 e. The summed E-state index contributed by atoms with van der Waals surface area (Å²) in [6.45, 7) is 0. The maximum atomic E-state index is 12.0. The molecule has 21 heavy (non-hydrogen) atoms. The first kappa shape index (κ1) is 15.0. The number of carboxylic acids is 2. The van der Waals surface area contributed by atoms with Crippen molar-refractivity contribution in [3.05, 3.63) is 35.9 Å². The molecule has 0 radical (unpaired) electrons. The van der Waals surface area contributed by atoms with E-state index in [0.717, 1.165) is 0 Å². The lowest BCUT2D eigenvalue weighted by atomic mass is 9.96. The molecule has 6 nitrogen and oxygen atoms in total. The summed E-state index contributed by atoms with van der Waals surface area (Å²) in [6.07, 6.45) is 1.22. The van der Waals surface area contributed by atoms with Gasteiger partial charge in [-0.2, -0.15) is 0 Å². The van der Waals surface area contributed by atoms with Crippen LogP contribution in [0.4, 0.5) is 0 Å². The summed E-state index contributed by atoms with van der Waals surface area (Å²) in [7, 11) is 0. The zero-order chi connectivity index (χ0) is 15.4. The van der Waals surface area contributed by atoms with Crippen molar-refractivity contribution in [1.82, 2.24) is 5.32 Å². The van der Waals surface area contributed by atoms with Gasteiger partial charge < -0.3 is 15.5 Å². The standard InChI is InChI=1S/C15H17NO5/c17-13(9-4-2-1-3-5-9)16-12(15(20)21)10-6-7-11(8-10)14(18)19/h1-5,10-12H,6-8H2,(H,16,17)(H,18,19)(H,20,21)/t10-,11+,12-/m0/s1. The SMILES string of the molecule is O=C(N[C@H](C(=O)O)[C@H]1CC[C@@H](C(=O)O)C1)c1ccccc1. The van der Waals surface area contributed by atoms with Crippen molar-refractivity contribution in [2.45, 2.75) is 25.3 Å². The fourth-order valence-corrected chi connectivity index (χ4v) is 2.74. The summed E-state index contributed by atoms with van der Waals surface area (Å²) in [4.78, 5) is 34.4. The summed E-state index contributed by atoms with van der Waals surface area (Å²) in [5.74, 6) is -3.37. The Labute approximate surface area is 121 Å². The van der Waals surface area contributed by atoms with Gasteiger partial charge in [0.15, 0.2) is 0 Å². The van der Waals surface area contributed by atoms with E-state index in [2.05, 4.69) is 5.32 Å². The van der Waals surface area contributed by atoms with E-state index in [0.29, 0.717) is 18.4 Å². The van der Waals surface area contributed by atoms with Crippen LogP contribution in [-0.2, 0) is 9.59 Å². The number of carbonyl (C=O) groups excluding carboxylic acids is 1. The number of hydrogen-bond donors (Lipinski definition) is 3. The predicted molar refractivity (Wildman–Crippen MR) is 73.8 cm³/mol. The van der Waals surface area contributed by atoms with E-state index < -0.39 is 29.8 Å². The molecular weight excluding hydrogens is 274 g/mol. The van der Waals surface area contributed by atoms with E-state index in [1.165, 1.54) is 0 Å². The van der Waals surface area contributed by atoms with Crippen molar-refractivity contribution < 1.29 is 24.6 Å². The summed E-state index contributed by atoms with van der Waals surface area (Å²) in [5, 5.41) is 20.8. The van der Waals surface area contributed by atoms with Gasteiger partial charge in [-0.25, -0.2) is 4.79 Å². The molecule has 112 valence electrons. The minimum atomic E-state index is -1.13. The lowest BCUT2D eigenvalue weighted by molar-refractivity contribution is -0.143. The number of amides is 1. The fraction of sp³-hybridized carbons (Fsp3) is 0.400. The molecule has 1 aliphatic carbocycles. The molecule has 1 aliphatic rings. The van der Waals surface area contributed by atoms with Crippen LogP contribution in [0.3, 0.4) is 0 Å². The molecule has 1 aromatic carbocycles. The first-order valence-electron chi connectivity index (χ1n) is 6.80. The van der Waals surface area contributed by atoms with Gasteiger partial charge in [0.1, 0.15) is 6.04 Å². The monoisotopic (exact) mass is 291 g/mol. The van der Waals surface area contributed by atoms with Crippen LogP contribution in [0.5, 0.6) is 0 Å². The number of rotatable bonds is 5. The van der Waals surface area contributed by atoms with Gasteiger partial charge in [0.05, 0.1) is 5.92 Å². The van der Waals surface area contributed by atoms with E-state index >= 15 is 0 Å². The first-order chi connectivity index (χ1) is 9.99. The van der Waals surface area contributed by atoms with Crippen LogP contribution in [0.15, 0.2) is 30.3 Å². The summed E-state index contributed by atoms with van der Waals surface area (Å²) in [6, 6.07) is 7.30. The van der Waals surface area contributed by atoms with Gasteiger partial charge in [-0.1, -0.05) is 18.2 Å². The van der Waals surface area contributed by atoms with Crippen LogP contribution >= 0.6 is 0 Å². The second-order valence-electron chi connectivity index (χ2n) is 5.26. The van der Waals surface area contributed by atoms with Crippen molar-refractivity contribution in [1.29, 1.82) is 0 Å². The van der Waals surface area contributed by atoms with Crippen molar-refractivity contribution in [2.75, 3.05) is 0 Å². The zero-order valence-corrected chi connectivity index (χ0v) is 11.4. The zero-order valence-electron chi connectivity index (χ0n) is 11.4. The van der Waals surface area contributed by atoms with Gasteiger partial charge in [-0.3, -0.25) is 9.59 Å². The molecule has 3 atom stereocenters. The van der Waals surface area contributed by atoms with E-state index in [1.54, 1.807) is 30.3 Å². The lowest BCUT2D eigenvalue weighted by Crippen LogP contribution is -2.45. The first-order valence-corrected chi connectivity index (χ1v) is 6.80. The Hall–Kier alpha value is -2.37. The van der Waals surface area contributed by atoms with Crippen molar-refractivity contribution in [3.63, 3.8) is 0 Å². The van der Waals surface area contributed by atoms with E-state index in [9.17, 15) is 19.5 Å². The van der Waals surface area contributed by atoms with E-state index in [-0.39, 0.29) is 12.3 Å². The van der Waals surface area contributed by atoms with Crippen LogP contribution < -0.4 is 5.32 Å². The predicted octanol–water partition coefficient (Wildman–Crippen LogP) is 1.37. The third-order valence-electron chi connectivity index (χ3n) is 3.88. The van der Waals surface area contributed by atoms with Gasteiger partial charge in [-0.15, -0.1) is 0 Å².